The largest absolute Gasteiger partial charge is 0.439 e. The number of alkyl halides is 6. The highest BCUT2D eigenvalue weighted by Crippen LogP contribution is 2.41. The van der Waals surface area contributed by atoms with Gasteiger partial charge in [-0.3, -0.25) is 10.1 Å². The highest BCUT2D eigenvalue weighted by atomic mass is 35.5. The van der Waals surface area contributed by atoms with Crippen LogP contribution < -0.4 is 15.4 Å². The van der Waals surface area contributed by atoms with Crippen LogP contribution in [0.4, 0.5) is 45.6 Å². The molecular weight excluding hydrogens is 503 g/mol. The Balaban J connectivity index is 2.16. The number of benzene rings is 2. The molecular formula is C17H8Cl2F8N2O3. The lowest BCUT2D eigenvalue weighted by Crippen LogP contribution is -2.45. The molecule has 174 valence electrons. The number of urea groups is 1. The summed E-state index contributed by atoms with van der Waals surface area (Å²) in [4.78, 5) is 23.7. The molecule has 0 aliphatic heterocycles. The number of halogens is 10. The molecule has 0 unspecified atom stereocenters. The van der Waals surface area contributed by atoms with Crippen LogP contribution >= 0.6 is 23.2 Å². The molecule has 32 heavy (non-hydrogen) atoms. The summed E-state index contributed by atoms with van der Waals surface area (Å²) in [6.07, 6.45) is -16.0. The third-order valence-electron chi connectivity index (χ3n) is 3.52. The standard InChI is InChI=1S/C17H8Cl2F8N2O3/c18-6-5-11(32-17(26,27)14(22)16(23,24)25)7(19)4-10(6)28-15(31)29-13(30)12-8(20)2-1-3-9(12)21/h1-5,14H,(H2,28,29,30,31)/t14-/m0/s1. The molecule has 0 fully saturated rings. The maximum Gasteiger partial charge on any atom is 0.439 e. The van der Waals surface area contributed by atoms with Crippen molar-refractivity contribution in [2.45, 2.75) is 18.5 Å². The Bertz CT molecular complexity index is 1030. The lowest BCUT2D eigenvalue weighted by molar-refractivity contribution is -0.304. The van der Waals surface area contributed by atoms with Gasteiger partial charge in [-0.2, -0.15) is 22.0 Å². The smallest absolute Gasteiger partial charge is 0.428 e. The van der Waals surface area contributed by atoms with Crippen molar-refractivity contribution < 1.29 is 49.4 Å². The predicted molar refractivity (Wildman–Crippen MR) is 95.8 cm³/mol. The van der Waals surface area contributed by atoms with Gasteiger partial charge in [0.05, 0.1) is 15.7 Å². The summed E-state index contributed by atoms with van der Waals surface area (Å²) < 4.78 is 107. The van der Waals surface area contributed by atoms with E-state index in [1.807, 2.05) is 5.32 Å². The van der Waals surface area contributed by atoms with Crippen molar-refractivity contribution in [1.82, 2.24) is 5.32 Å². The third-order valence-corrected chi connectivity index (χ3v) is 4.12. The highest BCUT2D eigenvalue weighted by Gasteiger charge is 2.59. The Morgan fingerprint density at radius 3 is 2.06 bits per heavy atom. The van der Waals surface area contributed by atoms with Crippen LogP contribution in [0.15, 0.2) is 30.3 Å². The van der Waals surface area contributed by atoms with Gasteiger partial charge in [-0.25, -0.2) is 18.0 Å². The van der Waals surface area contributed by atoms with E-state index in [2.05, 4.69) is 4.74 Å². The third kappa shape index (κ3) is 5.91. The first-order valence-electron chi connectivity index (χ1n) is 7.96. The van der Waals surface area contributed by atoms with Gasteiger partial charge < -0.3 is 10.1 Å². The number of rotatable bonds is 5. The number of hydrogen-bond acceptors (Lipinski definition) is 3. The second-order valence-corrected chi connectivity index (χ2v) is 6.65. The van der Waals surface area contributed by atoms with Crippen LogP contribution in [0.5, 0.6) is 5.75 Å². The molecule has 0 radical (unpaired) electrons. The molecule has 0 spiro atoms. The van der Waals surface area contributed by atoms with Crippen molar-refractivity contribution in [2.75, 3.05) is 5.32 Å². The van der Waals surface area contributed by atoms with Gasteiger partial charge in [0.2, 0.25) is 0 Å². The van der Waals surface area contributed by atoms with Gasteiger partial charge >= 0.3 is 18.3 Å². The van der Waals surface area contributed by atoms with Gasteiger partial charge in [-0.1, -0.05) is 29.3 Å². The van der Waals surface area contributed by atoms with E-state index in [1.54, 1.807) is 5.32 Å². The first-order chi connectivity index (χ1) is 14.6. The van der Waals surface area contributed by atoms with Gasteiger partial charge in [-0.05, 0) is 18.2 Å². The van der Waals surface area contributed by atoms with Crippen molar-refractivity contribution in [3.05, 3.63) is 57.6 Å². The van der Waals surface area contributed by atoms with Gasteiger partial charge in [0.1, 0.15) is 22.9 Å². The quantitative estimate of drug-likeness (QED) is 0.477. The fourth-order valence-corrected chi connectivity index (χ4v) is 2.53. The molecule has 1 atom stereocenters. The maximum absolute atomic E-state index is 13.6. The zero-order valence-corrected chi connectivity index (χ0v) is 16.5. The van der Waals surface area contributed by atoms with Crippen molar-refractivity contribution in [3.63, 3.8) is 0 Å². The summed E-state index contributed by atoms with van der Waals surface area (Å²) >= 11 is 11.3. The molecule has 0 aliphatic rings. The van der Waals surface area contributed by atoms with Crippen LogP contribution in [-0.2, 0) is 0 Å². The van der Waals surface area contributed by atoms with Crippen LogP contribution in [-0.4, -0.2) is 30.4 Å². The molecule has 2 aromatic rings. The Kier molecular flexibility index (Phi) is 7.45. The monoisotopic (exact) mass is 510 g/mol. The van der Waals surface area contributed by atoms with Crippen molar-refractivity contribution in [2.24, 2.45) is 0 Å². The van der Waals surface area contributed by atoms with E-state index in [1.165, 1.54) is 0 Å². The van der Waals surface area contributed by atoms with E-state index >= 15 is 0 Å². The number of ether oxygens (including phenoxy) is 1. The zero-order valence-electron chi connectivity index (χ0n) is 15.0. The molecule has 15 heteroatoms. The van der Waals surface area contributed by atoms with Crippen molar-refractivity contribution in [3.8, 4) is 5.75 Å². The molecule has 0 bridgehead atoms. The Morgan fingerprint density at radius 2 is 1.53 bits per heavy atom. The van der Waals surface area contributed by atoms with Crippen LogP contribution in [0, 0.1) is 11.6 Å². The zero-order chi connectivity index (χ0) is 24.4. The Labute approximate surface area is 183 Å². The number of nitrogens with one attached hydrogen (secondary N) is 2. The average Bonchev–Trinajstić information content (AvgIpc) is 2.64. The fraction of sp³-hybridized carbons (Fsp3) is 0.176. The summed E-state index contributed by atoms with van der Waals surface area (Å²) in [5.74, 6) is -5.20. The lowest BCUT2D eigenvalue weighted by atomic mass is 10.2. The molecule has 0 aromatic heterocycles. The van der Waals surface area contributed by atoms with E-state index in [0.29, 0.717) is 12.1 Å². The van der Waals surface area contributed by atoms with Crippen molar-refractivity contribution >= 4 is 40.8 Å². The molecule has 0 heterocycles. The number of imide groups is 1. The predicted octanol–water partition coefficient (Wildman–Crippen LogP) is 6.11. The summed E-state index contributed by atoms with van der Waals surface area (Å²) in [6, 6.07) is 2.15. The SMILES string of the molecule is O=C(NC(=O)c1c(F)cccc1F)Nc1cc(Cl)c(OC(F)(F)[C@@H](F)C(F)(F)F)cc1Cl. The highest BCUT2D eigenvalue weighted by molar-refractivity contribution is 6.36. The molecule has 0 aliphatic carbocycles. The number of carbonyl (C=O) groups excluding carboxylic acids is 2. The first-order valence-corrected chi connectivity index (χ1v) is 8.72. The van der Waals surface area contributed by atoms with Crippen LogP contribution in [0.25, 0.3) is 0 Å². The van der Waals surface area contributed by atoms with Gasteiger partial charge in [-0.15, -0.1) is 0 Å². The first kappa shape index (κ1) is 25.5. The van der Waals surface area contributed by atoms with E-state index in [9.17, 15) is 44.7 Å². The second kappa shape index (κ2) is 9.36. The normalized spacial score (nSPS) is 12.8. The average molecular weight is 511 g/mol. The minimum absolute atomic E-state index is 0.439. The lowest BCUT2D eigenvalue weighted by Gasteiger charge is -2.24. The van der Waals surface area contributed by atoms with E-state index in [-0.39, 0.29) is 0 Å². The number of amides is 3. The molecule has 3 amide bonds. The molecule has 2 rings (SSSR count). The molecule has 0 saturated carbocycles. The van der Waals surface area contributed by atoms with Crippen LogP contribution in [0.3, 0.4) is 0 Å². The second-order valence-electron chi connectivity index (χ2n) is 5.84. The van der Waals surface area contributed by atoms with E-state index in [0.717, 1.165) is 18.2 Å². The topological polar surface area (TPSA) is 67.4 Å². The molecule has 2 aromatic carbocycles. The summed E-state index contributed by atoms with van der Waals surface area (Å²) in [5, 5.41) is 1.99. The Morgan fingerprint density at radius 1 is 0.969 bits per heavy atom. The number of anilines is 1. The van der Waals surface area contributed by atoms with Gasteiger partial charge in [0, 0.05) is 6.07 Å². The minimum atomic E-state index is -5.94. The number of carbonyl (C=O) groups is 2. The summed E-state index contributed by atoms with van der Waals surface area (Å²) in [6.45, 7) is 0. The van der Waals surface area contributed by atoms with Gasteiger partial charge in [0.25, 0.3) is 12.1 Å². The fourth-order valence-electron chi connectivity index (χ4n) is 2.13. The Hall–Kier alpha value is -2.80. The minimum Gasteiger partial charge on any atom is -0.428 e. The van der Waals surface area contributed by atoms with Crippen molar-refractivity contribution in [1.29, 1.82) is 0 Å². The molecule has 5 nitrogen and oxygen atoms in total. The van der Waals surface area contributed by atoms with Crippen LogP contribution in [0.1, 0.15) is 10.4 Å². The molecule has 0 saturated heterocycles. The summed E-state index contributed by atoms with van der Waals surface area (Å²) in [7, 11) is 0. The summed E-state index contributed by atoms with van der Waals surface area (Å²) in [5.41, 5.74) is -1.55. The van der Waals surface area contributed by atoms with Gasteiger partial charge in [0.15, 0.2) is 0 Å². The number of hydrogen-bond donors (Lipinski definition) is 2. The van der Waals surface area contributed by atoms with E-state index in [4.69, 9.17) is 23.2 Å². The van der Waals surface area contributed by atoms with Crippen LogP contribution in [0.2, 0.25) is 10.0 Å². The maximum atomic E-state index is 13.6. The van der Waals surface area contributed by atoms with E-state index < -0.39 is 69.1 Å². The molecule has 2 N–H and O–H groups in total.